The van der Waals surface area contributed by atoms with Gasteiger partial charge in [0.15, 0.2) is 0 Å². The normalized spacial score (nSPS) is 13.5. The fourth-order valence-electron chi connectivity index (χ4n) is 2.39. The summed E-state index contributed by atoms with van der Waals surface area (Å²) in [6.45, 7) is 9.75. The quantitative estimate of drug-likeness (QED) is 0.886. The van der Waals surface area contributed by atoms with Crippen LogP contribution in [0.1, 0.15) is 41.0 Å². The molecule has 1 aromatic rings. The highest BCUT2D eigenvalue weighted by Crippen LogP contribution is 2.27. The molecule has 0 aliphatic heterocycles. The summed E-state index contributed by atoms with van der Waals surface area (Å²) < 4.78 is 27.0. The van der Waals surface area contributed by atoms with Crippen LogP contribution < -0.4 is 10.2 Å². The van der Waals surface area contributed by atoms with Crippen molar-refractivity contribution >= 4 is 10.0 Å². The second kappa shape index (κ2) is 5.09. The van der Waals surface area contributed by atoms with Gasteiger partial charge in [-0.2, -0.15) is 0 Å². The van der Waals surface area contributed by atoms with Gasteiger partial charge in [-0.15, -0.1) is 0 Å². The van der Waals surface area contributed by atoms with Crippen molar-refractivity contribution in [2.45, 2.75) is 51.5 Å². The second-order valence-corrected chi connectivity index (χ2v) is 8.25. The summed E-state index contributed by atoms with van der Waals surface area (Å²) in [6.07, 6.45) is 3.27. The van der Waals surface area contributed by atoms with Gasteiger partial charge in [-0.1, -0.05) is 20.8 Å². The molecule has 0 fully saturated rings. The van der Waals surface area contributed by atoms with E-state index >= 15 is 0 Å². The number of hydrogen-bond donors (Lipinski definition) is 2. The zero-order valence-electron chi connectivity index (χ0n) is 12.1. The molecule has 1 rings (SSSR count). The summed E-state index contributed by atoms with van der Waals surface area (Å²) in [5.41, 5.74) is -1.16. The maximum Gasteiger partial charge on any atom is 0.246 e. The summed E-state index contributed by atoms with van der Waals surface area (Å²) in [5.74, 6) is 0. The molecule has 108 valence electrons. The van der Waals surface area contributed by atoms with Crippen LogP contribution in [0.4, 0.5) is 0 Å². The first-order valence-electron chi connectivity index (χ1n) is 6.14. The van der Waals surface area contributed by atoms with Crippen molar-refractivity contribution in [1.29, 1.82) is 0 Å². The number of sulfonamides is 1. The molecule has 2 N–H and O–H groups in total. The number of pyridine rings is 1. The minimum atomic E-state index is -3.81. The molecule has 6 heteroatoms. The van der Waals surface area contributed by atoms with Gasteiger partial charge in [-0.25, -0.2) is 13.1 Å². The fraction of sp³-hybridized carbons (Fsp3) is 0.615. The lowest BCUT2D eigenvalue weighted by atomic mass is 9.82. The molecule has 1 heterocycles. The molecule has 0 unspecified atom stereocenters. The Morgan fingerprint density at radius 1 is 1.21 bits per heavy atom. The van der Waals surface area contributed by atoms with Crippen LogP contribution in [0.15, 0.2) is 28.2 Å². The van der Waals surface area contributed by atoms with E-state index in [1.807, 2.05) is 34.6 Å². The van der Waals surface area contributed by atoms with Crippen molar-refractivity contribution in [2.75, 3.05) is 0 Å². The first kappa shape index (κ1) is 15.9. The van der Waals surface area contributed by atoms with Gasteiger partial charge < -0.3 is 4.98 Å². The first-order valence-corrected chi connectivity index (χ1v) is 7.62. The minimum absolute atomic E-state index is 0.0187. The van der Waals surface area contributed by atoms with Gasteiger partial charge in [0.1, 0.15) is 4.90 Å². The Morgan fingerprint density at radius 2 is 1.79 bits per heavy atom. The lowest BCUT2D eigenvalue weighted by Gasteiger charge is -2.32. The van der Waals surface area contributed by atoms with Crippen molar-refractivity contribution in [3.63, 3.8) is 0 Å². The molecule has 0 spiro atoms. The Bertz CT molecular complexity index is 595. The molecule has 5 nitrogen and oxygen atoms in total. The van der Waals surface area contributed by atoms with E-state index in [1.54, 1.807) is 0 Å². The zero-order chi connectivity index (χ0) is 14.9. The lowest BCUT2D eigenvalue weighted by molar-refractivity contribution is 0.269. The van der Waals surface area contributed by atoms with Gasteiger partial charge in [0, 0.05) is 24.0 Å². The van der Waals surface area contributed by atoms with E-state index in [4.69, 9.17) is 0 Å². The lowest BCUT2D eigenvalue weighted by Crippen LogP contribution is -2.46. The number of H-pyrrole nitrogens is 1. The summed E-state index contributed by atoms with van der Waals surface area (Å²) in [7, 11) is -3.81. The molecule has 0 atom stereocenters. The van der Waals surface area contributed by atoms with E-state index in [9.17, 15) is 13.2 Å². The number of aromatic nitrogens is 1. The van der Waals surface area contributed by atoms with Gasteiger partial charge in [0.05, 0.1) is 0 Å². The third-order valence-corrected chi connectivity index (χ3v) is 4.18. The van der Waals surface area contributed by atoms with Crippen LogP contribution in [0.3, 0.4) is 0 Å². The number of rotatable bonds is 4. The summed E-state index contributed by atoms with van der Waals surface area (Å²) >= 11 is 0. The van der Waals surface area contributed by atoms with Crippen molar-refractivity contribution in [3.8, 4) is 0 Å². The third kappa shape index (κ3) is 4.80. The van der Waals surface area contributed by atoms with Crippen LogP contribution >= 0.6 is 0 Å². The van der Waals surface area contributed by atoms with E-state index in [1.165, 1.54) is 18.5 Å². The number of hydrogen-bond acceptors (Lipinski definition) is 3. The van der Waals surface area contributed by atoms with Crippen molar-refractivity contribution in [2.24, 2.45) is 5.41 Å². The molecular weight excluding hydrogens is 264 g/mol. The second-order valence-electron chi connectivity index (χ2n) is 6.60. The zero-order valence-corrected chi connectivity index (χ0v) is 12.9. The van der Waals surface area contributed by atoms with E-state index in [-0.39, 0.29) is 10.3 Å². The highest BCUT2D eigenvalue weighted by atomic mass is 32.2. The standard InChI is InChI=1S/C13H22N2O3S/c1-12(2,3)9-13(4,5)15-19(17,18)11-8-14-7-6-10(11)16/h6-8,15H,9H2,1-5H3,(H,14,16). The molecule has 0 bridgehead atoms. The average Bonchev–Trinajstić information content (AvgIpc) is 2.11. The highest BCUT2D eigenvalue weighted by molar-refractivity contribution is 7.89. The predicted octanol–water partition coefficient (Wildman–Crippen LogP) is 1.87. The van der Waals surface area contributed by atoms with Gasteiger partial charge in [0.2, 0.25) is 15.5 Å². The van der Waals surface area contributed by atoms with Crippen molar-refractivity contribution < 1.29 is 8.42 Å². The predicted molar refractivity (Wildman–Crippen MR) is 75.5 cm³/mol. The SMILES string of the molecule is CC(C)(C)CC(C)(C)NS(=O)(=O)c1c[nH]ccc1=O. The monoisotopic (exact) mass is 286 g/mol. The molecule has 0 aliphatic rings. The number of nitrogens with one attached hydrogen (secondary N) is 2. The topological polar surface area (TPSA) is 79.0 Å². The van der Waals surface area contributed by atoms with Crippen molar-refractivity contribution in [1.82, 2.24) is 9.71 Å². The van der Waals surface area contributed by atoms with E-state index in [0.29, 0.717) is 6.42 Å². The number of aromatic amines is 1. The molecule has 0 saturated carbocycles. The molecule has 1 aromatic heterocycles. The van der Waals surface area contributed by atoms with Crippen LogP contribution in [0.25, 0.3) is 0 Å². The first-order chi connectivity index (χ1) is 8.43. The maximum atomic E-state index is 12.2. The van der Waals surface area contributed by atoms with Crippen molar-refractivity contribution in [3.05, 3.63) is 28.7 Å². The van der Waals surface area contributed by atoms with Crippen LogP contribution in [0.2, 0.25) is 0 Å². The Kier molecular flexibility index (Phi) is 4.27. The molecule has 0 aromatic carbocycles. The molecule has 0 amide bonds. The molecule has 0 saturated heterocycles. The highest BCUT2D eigenvalue weighted by Gasteiger charge is 2.31. The van der Waals surface area contributed by atoms with Gasteiger partial charge in [-0.3, -0.25) is 4.79 Å². The van der Waals surface area contributed by atoms with Crippen LogP contribution in [-0.4, -0.2) is 18.9 Å². The van der Waals surface area contributed by atoms with Gasteiger partial charge in [-0.05, 0) is 25.7 Å². The van der Waals surface area contributed by atoms with E-state index < -0.39 is 21.0 Å². The Balaban J connectivity index is 3.05. The fourth-order valence-corrected chi connectivity index (χ4v) is 3.86. The third-order valence-electron chi connectivity index (χ3n) is 2.46. The molecule has 0 aliphatic carbocycles. The maximum absolute atomic E-state index is 12.2. The summed E-state index contributed by atoms with van der Waals surface area (Å²) in [6, 6.07) is 1.20. The van der Waals surface area contributed by atoms with Gasteiger partial charge in [0.25, 0.3) is 0 Å². The Labute approximate surface area is 114 Å². The van der Waals surface area contributed by atoms with E-state index in [0.717, 1.165) is 0 Å². The summed E-state index contributed by atoms with van der Waals surface area (Å²) in [4.78, 5) is 14.0. The Hall–Kier alpha value is -1.14. The largest absolute Gasteiger partial charge is 0.366 e. The van der Waals surface area contributed by atoms with Crippen LogP contribution in [0.5, 0.6) is 0 Å². The minimum Gasteiger partial charge on any atom is -0.366 e. The van der Waals surface area contributed by atoms with E-state index in [2.05, 4.69) is 9.71 Å². The van der Waals surface area contributed by atoms with Crippen LogP contribution in [0, 0.1) is 5.41 Å². The average molecular weight is 286 g/mol. The Morgan fingerprint density at radius 3 is 2.26 bits per heavy atom. The van der Waals surface area contributed by atoms with Gasteiger partial charge >= 0.3 is 0 Å². The molecule has 19 heavy (non-hydrogen) atoms. The summed E-state index contributed by atoms with van der Waals surface area (Å²) in [5, 5.41) is 0. The molecular formula is C13H22N2O3S. The molecule has 0 radical (unpaired) electrons. The smallest absolute Gasteiger partial charge is 0.246 e. The van der Waals surface area contributed by atoms with Crippen LogP contribution in [-0.2, 0) is 10.0 Å².